The molecule has 19 nitrogen and oxygen atoms in total. The quantitative estimate of drug-likeness (QED) is 0.0665. The first kappa shape index (κ1) is 49.8. The molecule has 0 saturated carbocycles. The van der Waals surface area contributed by atoms with E-state index in [2.05, 4.69) is 69.2 Å². The number of aliphatic hydroxyl groups excluding tert-OH is 1. The maximum atomic E-state index is 14.1. The molecule has 20 heteroatoms. The Balaban J connectivity index is 0.906. The number of piperazine rings is 1. The molecule has 0 spiro atoms. The first-order chi connectivity index (χ1) is 33.6. The lowest BCUT2D eigenvalue weighted by molar-refractivity contribution is -0.111. The third-order valence-corrected chi connectivity index (χ3v) is 15.1. The molecule has 5 aromatic rings. The van der Waals surface area contributed by atoms with Crippen molar-refractivity contribution >= 4 is 54.2 Å². The molecular formula is C51H64N11O8P. The predicted molar refractivity (Wildman–Crippen MR) is 273 cm³/mol. The number of hydrogen-bond donors (Lipinski definition) is 5. The van der Waals surface area contributed by atoms with Crippen molar-refractivity contribution < 1.29 is 33.6 Å². The molecule has 0 bridgehead atoms. The number of phosphoric ester groups is 1. The number of rotatable bonds is 13. The molecule has 1 aromatic carbocycles. The van der Waals surface area contributed by atoms with E-state index < -0.39 is 25.6 Å². The molecule has 2 fully saturated rings. The molecule has 0 radical (unpaired) electrons. The molecule has 1 aliphatic carbocycles. The summed E-state index contributed by atoms with van der Waals surface area (Å²) in [6.45, 7) is 19.3. The smallest absolute Gasteiger partial charge is 0.392 e. The van der Waals surface area contributed by atoms with E-state index in [4.69, 9.17) is 14.5 Å². The van der Waals surface area contributed by atoms with Gasteiger partial charge in [0.1, 0.15) is 22.9 Å². The zero-order chi connectivity index (χ0) is 50.7. The number of nitrogens with zero attached hydrogens (tertiary/aromatic N) is 9. The van der Waals surface area contributed by atoms with Crippen molar-refractivity contribution in [1.82, 2.24) is 29.0 Å². The summed E-state index contributed by atoms with van der Waals surface area (Å²) in [5, 5.41) is 17.0. The third kappa shape index (κ3) is 10.0. The highest BCUT2D eigenvalue weighted by atomic mass is 31.2. The van der Waals surface area contributed by atoms with Crippen LogP contribution < -0.4 is 30.9 Å². The molecule has 2 amide bonds. The number of carbonyl (C=O) groups excluding carboxylic acids is 2. The Bertz CT molecular complexity index is 3020. The highest BCUT2D eigenvalue weighted by molar-refractivity contribution is 7.46. The van der Waals surface area contributed by atoms with Crippen LogP contribution in [0.2, 0.25) is 0 Å². The van der Waals surface area contributed by atoms with E-state index >= 15 is 0 Å². The SMILES string of the molecule is C=CC(=O)Nc1cc(Nc2nc(-c3ccnc(N4CCn5c(cc6c5CC(C)(C)C6)C4=O)c3CO)cn(C)c2=O)ccc1N1CCN(C2CCN(c3cccc(C(C)(C)OP(=O)(O)O)n3)[C@H](C)C2)C[C@@H]1C. The van der Waals surface area contributed by atoms with Gasteiger partial charge in [-0.05, 0) is 113 Å². The van der Waals surface area contributed by atoms with Gasteiger partial charge in [0.25, 0.3) is 11.5 Å². The van der Waals surface area contributed by atoms with Gasteiger partial charge in [-0.25, -0.2) is 19.5 Å². The first-order valence-electron chi connectivity index (χ1n) is 24.2. The number of carbonyl (C=O) groups is 2. The van der Waals surface area contributed by atoms with Gasteiger partial charge in [-0.15, -0.1) is 0 Å². The molecule has 71 heavy (non-hydrogen) atoms. The minimum absolute atomic E-state index is 0.0220. The van der Waals surface area contributed by atoms with Crippen LogP contribution in [-0.2, 0) is 52.5 Å². The summed E-state index contributed by atoms with van der Waals surface area (Å²) in [4.78, 5) is 82.5. The molecule has 376 valence electrons. The van der Waals surface area contributed by atoms with Crippen LogP contribution >= 0.6 is 7.82 Å². The number of pyridine rings is 2. The van der Waals surface area contributed by atoms with E-state index in [0.717, 1.165) is 56.8 Å². The van der Waals surface area contributed by atoms with Gasteiger partial charge < -0.3 is 44.5 Å². The minimum atomic E-state index is -4.74. The third-order valence-electron chi connectivity index (χ3n) is 14.4. The van der Waals surface area contributed by atoms with Gasteiger partial charge in [0.2, 0.25) is 5.91 Å². The number of amides is 2. The van der Waals surface area contributed by atoms with Crippen molar-refractivity contribution in [2.45, 2.75) is 104 Å². The van der Waals surface area contributed by atoms with Gasteiger partial charge in [0, 0.05) is 99.3 Å². The average Bonchev–Trinajstić information content (AvgIpc) is 3.81. The summed E-state index contributed by atoms with van der Waals surface area (Å²) in [7, 11) is -3.11. The summed E-state index contributed by atoms with van der Waals surface area (Å²) in [5.41, 5.74) is 5.14. The molecule has 3 aliphatic heterocycles. The van der Waals surface area contributed by atoms with E-state index in [1.54, 1.807) is 56.4 Å². The van der Waals surface area contributed by atoms with Crippen LogP contribution in [0.1, 0.15) is 87.4 Å². The maximum Gasteiger partial charge on any atom is 0.470 e. The second-order valence-electron chi connectivity index (χ2n) is 20.6. The number of hydrogen-bond acceptors (Lipinski definition) is 13. The summed E-state index contributed by atoms with van der Waals surface area (Å²) in [5.74, 6) is 0.539. The fourth-order valence-electron chi connectivity index (χ4n) is 11.1. The van der Waals surface area contributed by atoms with E-state index in [-0.39, 0.29) is 35.1 Å². The summed E-state index contributed by atoms with van der Waals surface area (Å²) >= 11 is 0. The van der Waals surface area contributed by atoms with Crippen molar-refractivity contribution in [3.8, 4) is 11.3 Å². The van der Waals surface area contributed by atoms with Crippen LogP contribution in [0.15, 0.2) is 78.4 Å². The van der Waals surface area contributed by atoms with Crippen molar-refractivity contribution in [2.24, 2.45) is 12.5 Å². The lowest BCUT2D eigenvalue weighted by Crippen LogP contribution is -2.58. The van der Waals surface area contributed by atoms with Crippen LogP contribution in [0.3, 0.4) is 0 Å². The largest absolute Gasteiger partial charge is 0.470 e. The zero-order valence-corrected chi connectivity index (χ0v) is 42.3. The standard InChI is InChI=1S/C51H64N11O8P/c1-9-45(64)54-38-25-34(13-14-40(38)59-20-19-58(28-32(59)3)35-16-18-60(31(2)23-35)44-12-10-11-43(56-44)51(6,7)70-71(67,68)69)53-46-49(66)57(8)29-39(55-46)36-15-17-52-47(37(36)30-63)62-22-21-61-41(48(62)65)24-33-26-50(4,5)27-42(33)61/h9-15,17,24-25,29,31-32,35,63H,1,16,18-23,26-28,30H2,2-8H3,(H,53,55)(H,54,64)(H2,67,68,69)/t31-,32+,35?/m1/s1. The normalized spacial score (nSPS) is 20.5. The number of phosphoric acid groups is 1. The van der Waals surface area contributed by atoms with E-state index in [0.29, 0.717) is 71.1 Å². The number of aryl methyl sites for hydroxylation is 1. The van der Waals surface area contributed by atoms with Gasteiger partial charge in [-0.3, -0.25) is 28.7 Å². The van der Waals surface area contributed by atoms with Gasteiger partial charge in [0.15, 0.2) is 5.82 Å². The Morgan fingerprint density at radius 1 is 1.00 bits per heavy atom. The fourth-order valence-corrected chi connectivity index (χ4v) is 11.8. The van der Waals surface area contributed by atoms with Crippen LogP contribution in [0.5, 0.6) is 0 Å². The highest BCUT2D eigenvalue weighted by Crippen LogP contribution is 2.45. The summed E-state index contributed by atoms with van der Waals surface area (Å²) in [6, 6.07) is 15.3. The van der Waals surface area contributed by atoms with E-state index in [1.165, 1.54) is 21.9 Å². The van der Waals surface area contributed by atoms with Crippen molar-refractivity contribution in [3.63, 3.8) is 0 Å². The van der Waals surface area contributed by atoms with Gasteiger partial charge in [-0.2, -0.15) is 0 Å². The van der Waals surface area contributed by atoms with Crippen molar-refractivity contribution in [2.75, 3.05) is 58.1 Å². The number of nitrogens with one attached hydrogen (secondary N) is 2. The maximum absolute atomic E-state index is 14.1. The first-order valence-corrected chi connectivity index (χ1v) is 25.7. The minimum Gasteiger partial charge on any atom is -0.392 e. The van der Waals surface area contributed by atoms with Gasteiger partial charge in [0.05, 0.1) is 29.4 Å². The van der Waals surface area contributed by atoms with E-state index in [1.807, 2.05) is 30.3 Å². The number of benzene rings is 1. The Kier molecular flexibility index (Phi) is 13.4. The summed E-state index contributed by atoms with van der Waals surface area (Å²) in [6.07, 6.45) is 8.02. The molecule has 5 N–H and O–H groups in total. The van der Waals surface area contributed by atoms with Crippen LogP contribution in [0.25, 0.3) is 11.3 Å². The second-order valence-corrected chi connectivity index (χ2v) is 21.8. The zero-order valence-electron chi connectivity index (χ0n) is 41.4. The molecule has 2 saturated heterocycles. The molecule has 4 aromatic heterocycles. The van der Waals surface area contributed by atoms with Gasteiger partial charge in [-0.1, -0.05) is 26.5 Å². The molecular weight excluding hydrogens is 926 g/mol. The molecule has 9 rings (SSSR count). The number of aliphatic hydroxyl groups is 1. The lowest BCUT2D eigenvalue weighted by Gasteiger charge is -2.48. The molecule has 4 aliphatic rings. The highest BCUT2D eigenvalue weighted by Gasteiger charge is 2.39. The Morgan fingerprint density at radius 2 is 1.79 bits per heavy atom. The monoisotopic (exact) mass is 989 g/mol. The van der Waals surface area contributed by atoms with Crippen molar-refractivity contribution in [1.29, 1.82) is 0 Å². The van der Waals surface area contributed by atoms with Gasteiger partial charge >= 0.3 is 7.82 Å². The summed E-state index contributed by atoms with van der Waals surface area (Å²) < 4.78 is 20.3. The van der Waals surface area contributed by atoms with Crippen LogP contribution in [0.4, 0.5) is 34.5 Å². The predicted octanol–water partition coefficient (Wildman–Crippen LogP) is 6.10. The number of fused-ring (bicyclic) bond motifs is 3. The fraction of sp³-hybridized carbons (Fsp3) is 0.451. The van der Waals surface area contributed by atoms with Crippen LogP contribution in [0, 0.1) is 5.41 Å². The molecule has 7 heterocycles. The Labute approximate surface area is 413 Å². The number of piperidine rings is 1. The Morgan fingerprint density at radius 3 is 2.51 bits per heavy atom. The van der Waals surface area contributed by atoms with E-state index in [9.17, 15) is 33.8 Å². The number of anilines is 6. The topological polar surface area (TPSA) is 224 Å². The lowest BCUT2D eigenvalue weighted by atomic mass is 9.90. The second kappa shape index (κ2) is 19.1. The van der Waals surface area contributed by atoms with Crippen molar-refractivity contribution in [3.05, 3.63) is 112 Å². The number of aromatic nitrogens is 5. The molecule has 3 atom stereocenters. The average molecular weight is 990 g/mol. The van der Waals surface area contributed by atoms with Crippen LogP contribution in [-0.4, -0.2) is 107 Å². The molecule has 1 unspecified atom stereocenters. The Hall–Kier alpha value is -6.21.